The van der Waals surface area contributed by atoms with Crippen molar-refractivity contribution in [3.8, 4) is 5.75 Å². The third-order valence-corrected chi connectivity index (χ3v) is 4.88. The molecule has 1 saturated heterocycles. The number of pyridine rings is 1. The summed E-state index contributed by atoms with van der Waals surface area (Å²) >= 11 is 5.89. The smallest absolute Gasteiger partial charge is 0.248 e. The van der Waals surface area contributed by atoms with Gasteiger partial charge in [-0.15, -0.1) is 0 Å². The van der Waals surface area contributed by atoms with Crippen molar-refractivity contribution in [1.29, 1.82) is 0 Å². The Hall–Kier alpha value is -0.890. The molecule has 1 N–H and O–H groups in total. The molecular weight excluding hydrogens is 278 g/mol. The molecule has 6 nitrogen and oxygen atoms in total. The van der Waals surface area contributed by atoms with Gasteiger partial charge >= 0.3 is 0 Å². The van der Waals surface area contributed by atoms with Gasteiger partial charge in [0.15, 0.2) is 5.75 Å². The number of halogens is 1. The van der Waals surface area contributed by atoms with E-state index < -0.39 is 10.0 Å². The Morgan fingerprint density at radius 3 is 2.67 bits per heavy atom. The van der Waals surface area contributed by atoms with Gasteiger partial charge in [0.05, 0.1) is 13.3 Å². The number of nitrogens with one attached hydrogen (secondary N) is 1. The molecule has 0 spiro atoms. The highest BCUT2D eigenvalue weighted by Crippen LogP contribution is 2.32. The number of hydrogen-bond acceptors (Lipinski definition) is 5. The van der Waals surface area contributed by atoms with Crippen LogP contribution < -0.4 is 10.1 Å². The van der Waals surface area contributed by atoms with Crippen LogP contribution in [0, 0.1) is 0 Å². The Morgan fingerprint density at radius 1 is 1.39 bits per heavy atom. The van der Waals surface area contributed by atoms with Crippen LogP contribution in [-0.4, -0.2) is 51.0 Å². The molecular formula is C10H14ClN3O3S. The molecule has 0 bridgehead atoms. The van der Waals surface area contributed by atoms with Crippen LogP contribution in [0.5, 0.6) is 5.75 Å². The predicted octanol–water partition coefficient (Wildman–Crippen LogP) is 0.337. The van der Waals surface area contributed by atoms with Gasteiger partial charge in [0.2, 0.25) is 10.0 Å². The van der Waals surface area contributed by atoms with E-state index in [1.54, 1.807) is 0 Å². The maximum atomic E-state index is 12.4. The lowest BCUT2D eigenvalue weighted by Gasteiger charge is -2.27. The molecule has 1 aromatic heterocycles. The van der Waals surface area contributed by atoms with Crippen molar-refractivity contribution in [1.82, 2.24) is 14.6 Å². The van der Waals surface area contributed by atoms with E-state index in [4.69, 9.17) is 16.3 Å². The average molecular weight is 292 g/mol. The van der Waals surface area contributed by atoms with Gasteiger partial charge in [-0.25, -0.2) is 8.42 Å². The molecule has 0 unspecified atom stereocenters. The van der Waals surface area contributed by atoms with Crippen molar-refractivity contribution in [3.63, 3.8) is 0 Å². The second-order valence-corrected chi connectivity index (χ2v) is 6.12. The van der Waals surface area contributed by atoms with E-state index in [0.717, 1.165) is 0 Å². The Kier molecular flexibility index (Phi) is 4.06. The quantitative estimate of drug-likeness (QED) is 0.869. The van der Waals surface area contributed by atoms with Crippen LogP contribution in [0.4, 0.5) is 0 Å². The zero-order valence-corrected chi connectivity index (χ0v) is 11.5. The lowest BCUT2D eigenvalue weighted by Crippen LogP contribution is -2.46. The van der Waals surface area contributed by atoms with Crippen molar-refractivity contribution >= 4 is 21.6 Å². The first-order chi connectivity index (χ1) is 8.57. The van der Waals surface area contributed by atoms with Gasteiger partial charge in [0.1, 0.15) is 9.92 Å². The average Bonchev–Trinajstić information content (AvgIpc) is 2.39. The van der Waals surface area contributed by atoms with E-state index >= 15 is 0 Å². The van der Waals surface area contributed by atoms with Gasteiger partial charge in [-0.1, -0.05) is 11.6 Å². The van der Waals surface area contributed by atoms with Crippen molar-refractivity contribution < 1.29 is 13.2 Å². The molecule has 8 heteroatoms. The zero-order valence-electron chi connectivity index (χ0n) is 9.89. The largest absolute Gasteiger partial charge is 0.494 e. The van der Waals surface area contributed by atoms with E-state index in [-0.39, 0.29) is 15.7 Å². The van der Waals surface area contributed by atoms with Crippen LogP contribution in [0.3, 0.4) is 0 Å². The summed E-state index contributed by atoms with van der Waals surface area (Å²) in [5.74, 6) is 0.144. The van der Waals surface area contributed by atoms with E-state index in [0.29, 0.717) is 26.2 Å². The summed E-state index contributed by atoms with van der Waals surface area (Å²) in [6.45, 7) is 2.13. The van der Waals surface area contributed by atoms with Crippen molar-refractivity contribution in [2.75, 3.05) is 33.3 Å². The first-order valence-corrected chi connectivity index (χ1v) is 7.27. The fourth-order valence-electron chi connectivity index (χ4n) is 1.81. The van der Waals surface area contributed by atoms with Gasteiger partial charge in [0.25, 0.3) is 0 Å². The maximum Gasteiger partial charge on any atom is 0.248 e. The minimum atomic E-state index is -3.61. The number of hydrogen-bond donors (Lipinski definition) is 1. The molecule has 0 aliphatic carbocycles. The van der Waals surface area contributed by atoms with Crippen LogP contribution in [-0.2, 0) is 10.0 Å². The Morgan fingerprint density at radius 2 is 2.06 bits per heavy atom. The summed E-state index contributed by atoms with van der Waals surface area (Å²) in [4.78, 5) is 3.83. The van der Waals surface area contributed by atoms with Crippen LogP contribution >= 0.6 is 11.6 Å². The number of rotatable bonds is 3. The monoisotopic (exact) mass is 291 g/mol. The molecule has 1 aliphatic heterocycles. The van der Waals surface area contributed by atoms with E-state index in [1.165, 1.54) is 23.8 Å². The number of nitrogens with zero attached hydrogens (tertiary/aromatic N) is 2. The van der Waals surface area contributed by atoms with Crippen LogP contribution in [0.15, 0.2) is 17.3 Å². The first-order valence-electron chi connectivity index (χ1n) is 5.45. The second-order valence-electron chi connectivity index (χ2n) is 3.81. The highest BCUT2D eigenvalue weighted by molar-refractivity contribution is 7.89. The van der Waals surface area contributed by atoms with Gasteiger partial charge in [-0.2, -0.15) is 4.31 Å². The highest BCUT2D eigenvalue weighted by atomic mass is 35.5. The molecule has 100 valence electrons. The molecule has 1 aromatic rings. The maximum absolute atomic E-state index is 12.4. The normalized spacial score (nSPS) is 17.7. The standard InChI is InChI=1S/C10H14ClN3O3S/c1-17-10-8(11)6-13-7-9(10)18(15,16)14-4-2-12-3-5-14/h6-7,12H,2-5H2,1H3. The summed E-state index contributed by atoms with van der Waals surface area (Å²) in [6.07, 6.45) is 2.62. The molecule has 2 heterocycles. The SMILES string of the molecule is COc1c(Cl)cncc1S(=O)(=O)N1CCNCC1. The van der Waals surface area contributed by atoms with Gasteiger partial charge < -0.3 is 10.1 Å². The molecule has 0 atom stereocenters. The third-order valence-electron chi connectivity index (χ3n) is 2.72. The number of ether oxygens (including phenoxy) is 1. The minimum absolute atomic E-state index is 0.0133. The topological polar surface area (TPSA) is 71.5 Å². The third kappa shape index (κ3) is 2.44. The Balaban J connectivity index is 2.43. The predicted molar refractivity (Wildman–Crippen MR) is 67.4 cm³/mol. The molecule has 18 heavy (non-hydrogen) atoms. The van der Waals surface area contributed by atoms with Crippen molar-refractivity contribution in [2.45, 2.75) is 4.90 Å². The van der Waals surface area contributed by atoms with Crippen molar-refractivity contribution in [2.24, 2.45) is 0 Å². The molecule has 0 radical (unpaired) electrons. The van der Waals surface area contributed by atoms with E-state index in [2.05, 4.69) is 10.3 Å². The molecule has 0 aromatic carbocycles. The van der Waals surface area contributed by atoms with E-state index in [9.17, 15) is 8.42 Å². The number of methoxy groups -OCH3 is 1. The Bertz CT molecular complexity index is 529. The minimum Gasteiger partial charge on any atom is -0.494 e. The van der Waals surface area contributed by atoms with Gasteiger partial charge in [-0.3, -0.25) is 4.98 Å². The molecule has 0 amide bonds. The molecule has 1 fully saturated rings. The molecule has 0 saturated carbocycles. The Labute approximate surface area is 111 Å². The summed E-state index contributed by atoms with van der Waals surface area (Å²) in [7, 11) is -2.22. The second kappa shape index (κ2) is 5.40. The number of sulfonamides is 1. The van der Waals surface area contributed by atoms with Crippen molar-refractivity contribution in [3.05, 3.63) is 17.4 Å². The first kappa shape index (κ1) is 13.5. The molecule has 2 rings (SSSR count). The summed E-state index contributed by atoms with van der Waals surface area (Å²) in [5.41, 5.74) is 0. The van der Waals surface area contributed by atoms with Gasteiger partial charge in [-0.05, 0) is 0 Å². The van der Waals surface area contributed by atoms with Crippen LogP contribution in [0.25, 0.3) is 0 Å². The van der Waals surface area contributed by atoms with Crippen LogP contribution in [0.1, 0.15) is 0 Å². The van der Waals surface area contributed by atoms with Crippen LogP contribution in [0.2, 0.25) is 5.02 Å². The summed E-state index contributed by atoms with van der Waals surface area (Å²) < 4.78 is 31.3. The van der Waals surface area contributed by atoms with E-state index in [1.807, 2.05) is 0 Å². The van der Waals surface area contributed by atoms with Gasteiger partial charge in [0, 0.05) is 32.4 Å². The molecule has 1 aliphatic rings. The number of aromatic nitrogens is 1. The lowest BCUT2D eigenvalue weighted by molar-refractivity contribution is 0.354. The zero-order chi connectivity index (χ0) is 13.2. The highest BCUT2D eigenvalue weighted by Gasteiger charge is 2.30. The summed E-state index contributed by atoms with van der Waals surface area (Å²) in [5, 5.41) is 3.29. The summed E-state index contributed by atoms with van der Waals surface area (Å²) in [6, 6.07) is 0. The fourth-order valence-corrected chi connectivity index (χ4v) is 3.67. The fraction of sp³-hybridized carbons (Fsp3) is 0.500. The number of piperazine rings is 1. The lowest BCUT2D eigenvalue weighted by atomic mass is 10.4.